The quantitative estimate of drug-likeness (QED) is 0.542. The summed E-state index contributed by atoms with van der Waals surface area (Å²) in [6, 6.07) is 20.7. The lowest BCUT2D eigenvalue weighted by Crippen LogP contribution is -2.32. The highest BCUT2D eigenvalue weighted by Crippen LogP contribution is 2.37. The van der Waals surface area contributed by atoms with Crippen LogP contribution in [-0.2, 0) is 11.2 Å². The van der Waals surface area contributed by atoms with Gasteiger partial charge in [-0.3, -0.25) is 4.79 Å². The minimum absolute atomic E-state index is 0.101. The zero-order valence-electron chi connectivity index (χ0n) is 15.1. The molecule has 4 heteroatoms. The normalized spacial score (nSPS) is 12.8. The van der Waals surface area contributed by atoms with E-state index in [1.807, 2.05) is 13.0 Å². The maximum atomic E-state index is 13.0. The van der Waals surface area contributed by atoms with Crippen molar-refractivity contribution in [3.63, 3.8) is 0 Å². The number of benzene rings is 3. The summed E-state index contributed by atoms with van der Waals surface area (Å²) in [7, 11) is 0. The van der Waals surface area contributed by atoms with E-state index >= 15 is 0 Å². The molecule has 4 rings (SSSR count). The minimum Gasteiger partial charge on any atom is -0.376 e. The molecule has 136 valence electrons. The van der Waals surface area contributed by atoms with Crippen molar-refractivity contribution < 1.29 is 9.18 Å². The summed E-state index contributed by atoms with van der Waals surface area (Å²) in [4.78, 5) is 12.2. The fourth-order valence-corrected chi connectivity index (χ4v) is 3.56. The molecule has 1 atom stereocenters. The first-order valence-corrected chi connectivity index (χ1v) is 9.10. The number of nitrogens with one attached hydrogen (secondary N) is 2. The van der Waals surface area contributed by atoms with Crippen LogP contribution in [0.1, 0.15) is 29.7 Å². The molecule has 0 bridgehead atoms. The van der Waals surface area contributed by atoms with Crippen LogP contribution in [-0.4, -0.2) is 12.5 Å². The van der Waals surface area contributed by atoms with Crippen molar-refractivity contribution in [3.8, 4) is 11.1 Å². The molecule has 0 unspecified atom stereocenters. The van der Waals surface area contributed by atoms with Crippen LogP contribution in [0.25, 0.3) is 11.1 Å². The Morgan fingerprint density at radius 3 is 2.56 bits per heavy atom. The van der Waals surface area contributed by atoms with Gasteiger partial charge < -0.3 is 10.6 Å². The van der Waals surface area contributed by atoms with Crippen molar-refractivity contribution in [2.45, 2.75) is 19.4 Å². The molecule has 3 nitrogen and oxygen atoms in total. The number of carbonyl (C=O) groups is 1. The largest absolute Gasteiger partial charge is 0.376 e. The number of hydrogen-bond acceptors (Lipinski definition) is 2. The molecule has 0 heterocycles. The highest BCUT2D eigenvalue weighted by atomic mass is 19.1. The lowest BCUT2D eigenvalue weighted by atomic mass is 10.1. The Kier molecular flexibility index (Phi) is 4.63. The molecule has 2 N–H and O–H groups in total. The Morgan fingerprint density at radius 2 is 1.74 bits per heavy atom. The van der Waals surface area contributed by atoms with Crippen molar-refractivity contribution in [1.29, 1.82) is 0 Å². The third-order valence-corrected chi connectivity index (χ3v) is 4.99. The fraction of sp³-hybridized carbons (Fsp3) is 0.174. The van der Waals surface area contributed by atoms with Crippen LogP contribution >= 0.6 is 0 Å². The van der Waals surface area contributed by atoms with Crippen LogP contribution in [0.4, 0.5) is 10.1 Å². The summed E-state index contributed by atoms with van der Waals surface area (Å²) in [5, 5.41) is 6.12. The van der Waals surface area contributed by atoms with Gasteiger partial charge in [-0.25, -0.2) is 4.39 Å². The van der Waals surface area contributed by atoms with Gasteiger partial charge in [0.1, 0.15) is 5.82 Å². The summed E-state index contributed by atoms with van der Waals surface area (Å²) in [5.41, 5.74) is 7.00. The van der Waals surface area contributed by atoms with Crippen molar-refractivity contribution in [2.24, 2.45) is 0 Å². The Morgan fingerprint density at radius 1 is 1.00 bits per heavy atom. The topological polar surface area (TPSA) is 41.1 Å². The van der Waals surface area contributed by atoms with E-state index in [4.69, 9.17) is 0 Å². The van der Waals surface area contributed by atoms with E-state index in [1.54, 1.807) is 12.1 Å². The Balaban J connectivity index is 1.36. The SMILES string of the molecule is C[C@H](NC(=O)CNc1ccc2c(c1)Cc1ccccc1-2)c1ccc(F)cc1. The zero-order valence-corrected chi connectivity index (χ0v) is 15.1. The predicted molar refractivity (Wildman–Crippen MR) is 106 cm³/mol. The molecular weight excluding hydrogens is 339 g/mol. The van der Waals surface area contributed by atoms with Crippen LogP contribution in [0.15, 0.2) is 66.7 Å². The van der Waals surface area contributed by atoms with Crippen molar-refractivity contribution in [1.82, 2.24) is 5.32 Å². The molecule has 0 saturated carbocycles. The summed E-state index contributed by atoms with van der Waals surface area (Å²) in [6.07, 6.45) is 0.925. The molecule has 0 spiro atoms. The highest BCUT2D eigenvalue weighted by molar-refractivity contribution is 5.82. The number of rotatable bonds is 5. The standard InChI is InChI=1S/C23H21FN2O/c1-15(16-6-8-19(24)9-7-16)26-23(27)14-25-20-10-11-22-18(13-20)12-17-4-2-3-5-21(17)22/h2-11,13,15,25H,12,14H2,1H3,(H,26,27)/t15-/m0/s1. The van der Waals surface area contributed by atoms with Crippen molar-refractivity contribution in [2.75, 3.05) is 11.9 Å². The molecule has 0 fully saturated rings. The first kappa shape index (κ1) is 17.3. The molecule has 0 aliphatic heterocycles. The number of amides is 1. The fourth-order valence-electron chi connectivity index (χ4n) is 3.56. The predicted octanol–water partition coefficient (Wildman–Crippen LogP) is 4.69. The van der Waals surface area contributed by atoms with E-state index in [2.05, 4.69) is 47.0 Å². The maximum absolute atomic E-state index is 13.0. The third-order valence-electron chi connectivity index (χ3n) is 4.99. The van der Waals surface area contributed by atoms with E-state index in [-0.39, 0.29) is 24.3 Å². The molecular formula is C23H21FN2O. The van der Waals surface area contributed by atoms with Crippen LogP contribution < -0.4 is 10.6 Å². The molecule has 3 aromatic rings. The van der Waals surface area contributed by atoms with Crippen LogP contribution in [0.2, 0.25) is 0 Å². The van der Waals surface area contributed by atoms with Gasteiger partial charge in [-0.2, -0.15) is 0 Å². The summed E-state index contributed by atoms with van der Waals surface area (Å²) >= 11 is 0. The maximum Gasteiger partial charge on any atom is 0.239 e. The molecule has 1 aliphatic rings. The Hall–Kier alpha value is -3.14. The van der Waals surface area contributed by atoms with Gasteiger partial charge in [0.2, 0.25) is 5.91 Å². The van der Waals surface area contributed by atoms with Gasteiger partial charge >= 0.3 is 0 Å². The number of hydrogen-bond donors (Lipinski definition) is 2. The Labute approximate surface area is 158 Å². The second-order valence-electron chi connectivity index (χ2n) is 6.90. The molecule has 1 aliphatic carbocycles. The van der Waals surface area contributed by atoms with Crippen molar-refractivity contribution >= 4 is 11.6 Å². The summed E-state index contributed by atoms with van der Waals surface area (Å²) in [6.45, 7) is 2.08. The summed E-state index contributed by atoms with van der Waals surface area (Å²) < 4.78 is 13.0. The van der Waals surface area contributed by atoms with Crippen LogP contribution in [0, 0.1) is 5.82 Å². The molecule has 3 aromatic carbocycles. The van der Waals surface area contributed by atoms with E-state index in [1.165, 1.54) is 34.4 Å². The van der Waals surface area contributed by atoms with Crippen LogP contribution in [0.5, 0.6) is 0 Å². The number of carbonyl (C=O) groups excluding carboxylic acids is 1. The van der Waals surface area contributed by atoms with Gasteiger partial charge in [0.15, 0.2) is 0 Å². The lowest BCUT2D eigenvalue weighted by Gasteiger charge is -2.15. The average molecular weight is 360 g/mol. The second-order valence-corrected chi connectivity index (χ2v) is 6.90. The van der Waals surface area contributed by atoms with Gasteiger partial charge in [-0.1, -0.05) is 42.5 Å². The van der Waals surface area contributed by atoms with E-state index in [0.717, 1.165) is 17.7 Å². The third kappa shape index (κ3) is 3.70. The monoisotopic (exact) mass is 360 g/mol. The van der Waals surface area contributed by atoms with Crippen molar-refractivity contribution in [3.05, 3.63) is 89.2 Å². The molecule has 27 heavy (non-hydrogen) atoms. The smallest absolute Gasteiger partial charge is 0.239 e. The number of anilines is 1. The average Bonchev–Trinajstić information content (AvgIpc) is 3.04. The summed E-state index contributed by atoms with van der Waals surface area (Å²) in [5.74, 6) is -0.381. The highest BCUT2D eigenvalue weighted by Gasteiger charge is 2.18. The first-order chi connectivity index (χ1) is 13.1. The first-order valence-electron chi connectivity index (χ1n) is 9.10. The second kappa shape index (κ2) is 7.23. The van der Waals surface area contributed by atoms with Gasteiger partial charge in [0, 0.05) is 5.69 Å². The van der Waals surface area contributed by atoms with Gasteiger partial charge in [0.05, 0.1) is 12.6 Å². The molecule has 1 amide bonds. The minimum atomic E-state index is -0.280. The van der Waals surface area contributed by atoms with Gasteiger partial charge in [0.25, 0.3) is 0 Å². The molecule has 0 saturated heterocycles. The Bertz CT molecular complexity index is 982. The molecule has 0 aromatic heterocycles. The van der Waals surface area contributed by atoms with Gasteiger partial charge in [-0.05, 0) is 65.4 Å². The van der Waals surface area contributed by atoms with Gasteiger partial charge in [-0.15, -0.1) is 0 Å². The van der Waals surface area contributed by atoms with E-state index in [9.17, 15) is 9.18 Å². The van der Waals surface area contributed by atoms with E-state index < -0.39 is 0 Å². The van der Waals surface area contributed by atoms with Crippen LogP contribution in [0.3, 0.4) is 0 Å². The number of halogens is 1. The number of fused-ring (bicyclic) bond motifs is 3. The lowest BCUT2D eigenvalue weighted by molar-refractivity contribution is -0.120. The molecule has 0 radical (unpaired) electrons. The van der Waals surface area contributed by atoms with E-state index in [0.29, 0.717) is 0 Å². The zero-order chi connectivity index (χ0) is 18.8.